The van der Waals surface area contributed by atoms with Crippen LogP contribution in [0.1, 0.15) is 11.1 Å². The van der Waals surface area contributed by atoms with Crippen molar-refractivity contribution in [1.29, 1.82) is 0 Å². The summed E-state index contributed by atoms with van der Waals surface area (Å²) in [5, 5.41) is 3.51. The van der Waals surface area contributed by atoms with Crippen LogP contribution in [0.15, 0.2) is 23.3 Å². The minimum Gasteiger partial charge on any atom is -0.490 e. The fourth-order valence-corrected chi connectivity index (χ4v) is 1.68. The summed E-state index contributed by atoms with van der Waals surface area (Å²) in [6.07, 6.45) is 0.860. The summed E-state index contributed by atoms with van der Waals surface area (Å²) in [6, 6.07) is 6.11. The second kappa shape index (κ2) is 3.60. The molecule has 1 aliphatic heterocycles. The lowest BCUT2D eigenvalue weighted by molar-refractivity contribution is 0.241. The van der Waals surface area contributed by atoms with Gasteiger partial charge in [-0.05, 0) is 24.1 Å². The number of aryl methyl sites for hydroxylation is 1. The van der Waals surface area contributed by atoms with E-state index in [1.165, 1.54) is 11.1 Å². The molecule has 0 N–H and O–H groups in total. The molecule has 4 nitrogen and oxygen atoms in total. The van der Waals surface area contributed by atoms with Crippen molar-refractivity contribution in [3.05, 3.63) is 39.8 Å². The van der Waals surface area contributed by atoms with Crippen molar-refractivity contribution < 1.29 is 4.74 Å². The highest BCUT2D eigenvalue weighted by atomic mass is 16.5. The Labute approximate surface area is 82.1 Å². The first-order valence-corrected chi connectivity index (χ1v) is 4.56. The van der Waals surface area contributed by atoms with Gasteiger partial charge in [-0.25, -0.2) is 0 Å². The van der Waals surface area contributed by atoms with E-state index in [1.54, 1.807) is 0 Å². The van der Waals surface area contributed by atoms with E-state index >= 15 is 0 Å². The van der Waals surface area contributed by atoms with E-state index in [2.05, 4.69) is 23.0 Å². The van der Waals surface area contributed by atoms with Gasteiger partial charge in [-0.15, -0.1) is 0 Å². The first-order chi connectivity index (χ1) is 6.79. The minimum absolute atomic E-state index is 0.0164. The maximum Gasteiger partial charge on any atom is 0.123 e. The predicted molar refractivity (Wildman–Crippen MR) is 53.3 cm³/mol. The molecule has 0 saturated heterocycles. The van der Waals surface area contributed by atoms with Crippen LogP contribution in [-0.4, -0.2) is 12.6 Å². The number of ether oxygens (including phenoxy) is 1. The van der Waals surface area contributed by atoms with Crippen LogP contribution in [0, 0.1) is 6.92 Å². The Morgan fingerprint density at radius 2 is 2.50 bits per heavy atom. The van der Waals surface area contributed by atoms with Gasteiger partial charge in [-0.2, -0.15) is 0 Å². The van der Waals surface area contributed by atoms with Crippen molar-refractivity contribution in [2.45, 2.75) is 19.4 Å². The van der Waals surface area contributed by atoms with Gasteiger partial charge in [-0.3, -0.25) is 0 Å². The molecule has 0 spiro atoms. The Kier molecular flexibility index (Phi) is 2.29. The Morgan fingerprint density at radius 1 is 1.64 bits per heavy atom. The third-order valence-electron chi connectivity index (χ3n) is 2.31. The second-order valence-electron chi connectivity index (χ2n) is 3.47. The van der Waals surface area contributed by atoms with Gasteiger partial charge < -0.3 is 4.74 Å². The molecule has 0 aliphatic carbocycles. The van der Waals surface area contributed by atoms with Gasteiger partial charge in [0.1, 0.15) is 11.9 Å². The smallest absolute Gasteiger partial charge is 0.123 e. The Balaban J connectivity index is 2.13. The summed E-state index contributed by atoms with van der Waals surface area (Å²) in [7, 11) is 0. The molecule has 1 aliphatic rings. The number of hydrogen-bond acceptors (Lipinski definition) is 2. The maximum absolute atomic E-state index is 8.19. The molecule has 1 aromatic carbocycles. The Hall–Kier alpha value is -1.67. The van der Waals surface area contributed by atoms with Gasteiger partial charge in [-0.1, -0.05) is 22.8 Å². The second-order valence-corrected chi connectivity index (χ2v) is 3.47. The lowest BCUT2D eigenvalue weighted by Crippen LogP contribution is -2.16. The molecular formula is C10H11N3O. The van der Waals surface area contributed by atoms with Gasteiger partial charge in [0.25, 0.3) is 0 Å². The molecule has 0 aromatic heterocycles. The van der Waals surface area contributed by atoms with E-state index in [9.17, 15) is 0 Å². The lowest BCUT2D eigenvalue weighted by atomic mass is 10.1. The Morgan fingerprint density at radius 3 is 3.29 bits per heavy atom. The quantitative estimate of drug-likeness (QED) is 0.400. The van der Waals surface area contributed by atoms with E-state index in [0.717, 1.165) is 12.2 Å². The fraction of sp³-hybridized carbons (Fsp3) is 0.400. The highest BCUT2D eigenvalue weighted by Crippen LogP contribution is 2.29. The molecule has 0 amide bonds. The van der Waals surface area contributed by atoms with Crippen LogP contribution >= 0.6 is 0 Å². The molecule has 4 heteroatoms. The fourth-order valence-electron chi connectivity index (χ4n) is 1.68. The van der Waals surface area contributed by atoms with Crippen molar-refractivity contribution in [3.63, 3.8) is 0 Å². The zero-order valence-corrected chi connectivity index (χ0v) is 7.97. The summed E-state index contributed by atoms with van der Waals surface area (Å²) >= 11 is 0. The van der Waals surface area contributed by atoms with E-state index < -0.39 is 0 Å². The van der Waals surface area contributed by atoms with Gasteiger partial charge in [0.2, 0.25) is 0 Å². The standard InChI is InChI=1S/C10H11N3O/c1-7-2-3-10-8(4-7)5-9(14-10)6-12-13-11/h2-4,9H,5-6H2,1H3. The van der Waals surface area contributed by atoms with Crippen molar-refractivity contribution in [2.24, 2.45) is 5.11 Å². The normalized spacial score (nSPS) is 18.2. The van der Waals surface area contributed by atoms with Crippen LogP contribution < -0.4 is 4.74 Å². The summed E-state index contributed by atoms with van der Waals surface area (Å²) in [6.45, 7) is 2.46. The number of benzene rings is 1. The van der Waals surface area contributed by atoms with Crippen LogP contribution in [0.5, 0.6) is 5.75 Å². The van der Waals surface area contributed by atoms with Gasteiger partial charge in [0.05, 0.1) is 6.54 Å². The molecule has 0 bridgehead atoms. The van der Waals surface area contributed by atoms with Gasteiger partial charge in [0, 0.05) is 11.3 Å². The lowest BCUT2D eigenvalue weighted by Gasteiger charge is -2.05. The number of nitrogens with zero attached hydrogens (tertiary/aromatic N) is 3. The van der Waals surface area contributed by atoms with E-state index in [4.69, 9.17) is 10.3 Å². The first kappa shape index (κ1) is 8.91. The largest absolute Gasteiger partial charge is 0.490 e. The zero-order chi connectivity index (χ0) is 9.97. The molecule has 1 heterocycles. The van der Waals surface area contributed by atoms with Crippen LogP contribution in [0.3, 0.4) is 0 Å². The van der Waals surface area contributed by atoms with E-state index in [0.29, 0.717) is 6.54 Å². The van der Waals surface area contributed by atoms with Crippen molar-refractivity contribution in [2.75, 3.05) is 6.54 Å². The molecule has 0 saturated carbocycles. The van der Waals surface area contributed by atoms with Crippen molar-refractivity contribution in [3.8, 4) is 5.75 Å². The molecule has 0 fully saturated rings. The average molecular weight is 189 g/mol. The Bertz CT molecular complexity index is 396. The van der Waals surface area contributed by atoms with E-state index in [1.807, 2.05) is 12.1 Å². The number of azide groups is 1. The topological polar surface area (TPSA) is 58.0 Å². The van der Waals surface area contributed by atoms with Gasteiger partial charge >= 0.3 is 0 Å². The highest BCUT2D eigenvalue weighted by molar-refractivity contribution is 5.40. The number of fused-ring (bicyclic) bond motifs is 1. The molecule has 1 unspecified atom stereocenters. The molecular weight excluding hydrogens is 178 g/mol. The summed E-state index contributed by atoms with van der Waals surface area (Å²) in [5.74, 6) is 0.925. The summed E-state index contributed by atoms with van der Waals surface area (Å²) in [4.78, 5) is 2.72. The molecule has 0 radical (unpaired) electrons. The first-order valence-electron chi connectivity index (χ1n) is 4.56. The van der Waals surface area contributed by atoms with Crippen molar-refractivity contribution >= 4 is 0 Å². The molecule has 1 atom stereocenters. The highest BCUT2D eigenvalue weighted by Gasteiger charge is 2.21. The molecule has 1 aromatic rings. The number of rotatable bonds is 2. The van der Waals surface area contributed by atoms with E-state index in [-0.39, 0.29) is 6.10 Å². The summed E-state index contributed by atoms with van der Waals surface area (Å²) in [5.41, 5.74) is 10.6. The maximum atomic E-state index is 8.19. The van der Waals surface area contributed by atoms with Crippen LogP contribution in [0.25, 0.3) is 10.4 Å². The SMILES string of the molecule is Cc1ccc2c(c1)CC(CN=[N+]=[N-])O2. The monoisotopic (exact) mass is 189 g/mol. The van der Waals surface area contributed by atoms with Crippen LogP contribution in [0.4, 0.5) is 0 Å². The minimum atomic E-state index is 0.0164. The summed E-state index contributed by atoms with van der Waals surface area (Å²) < 4.78 is 5.60. The predicted octanol–water partition coefficient (Wildman–Crippen LogP) is 2.61. The van der Waals surface area contributed by atoms with Gasteiger partial charge in [0.15, 0.2) is 0 Å². The third-order valence-corrected chi connectivity index (χ3v) is 2.31. The van der Waals surface area contributed by atoms with Crippen LogP contribution in [0.2, 0.25) is 0 Å². The molecule has 14 heavy (non-hydrogen) atoms. The third kappa shape index (κ3) is 1.65. The zero-order valence-electron chi connectivity index (χ0n) is 7.97. The molecule has 2 rings (SSSR count). The van der Waals surface area contributed by atoms with Crippen molar-refractivity contribution in [1.82, 2.24) is 0 Å². The average Bonchev–Trinajstić information content (AvgIpc) is 2.56. The molecule has 72 valence electrons. The number of hydrogen-bond donors (Lipinski definition) is 0. The van der Waals surface area contributed by atoms with Crippen LogP contribution in [-0.2, 0) is 6.42 Å².